The van der Waals surface area contributed by atoms with Gasteiger partial charge in [0, 0.05) is 23.8 Å². The van der Waals surface area contributed by atoms with Gasteiger partial charge in [0.1, 0.15) is 23.7 Å². The van der Waals surface area contributed by atoms with Crippen LogP contribution in [0.4, 0.5) is 18.0 Å². The van der Waals surface area contributed by atoms with Gasteiger partial charge in [0.15, 0.2) is 0 Å². The van der Waals surface area contributed by atoms with Crippen LogP contribution in [0.2, 0.25) is 0 Å². The van der Waals surface area contributed by atoms with Crippen molar-refractivity contribution < 1.29 is 55.0 Å². The number of halogens is 3. The molecule has 1 unspecified atom stereocenters. The van der Waals surface area contributed by atoms with Crippen molar-refractivity contribution in [2.75, 3.05) is 13.7 Å². The van der Waals surface area contributed by atoms with E-state index in [9.17, 15) is 40.8 Å². The summed E-state index contributed by atoms with van der Waals surface area (Å²) in [6.45, 7) is 4.94. The molecule has 3 heterocycles. The minimum absolute atomic E-state index is 0.0296. The Bertz CT molecular complexity index is 2020. The zero-order chi connectivity index (χ0) is 41.5. The highest BCUT2D eigenvalue weighted by Crippen LogP contribution is 2.46. The molecule has 1 aromatic heterocycles. The molecule has 4 aliphatic rings. The van der Waals surface area contributed by atoms with Gasteiger partial charge < -0.3 is 29.7 Å². The van der Waals surface area contributed by atoms with Crippen LogP contribution in [0.5, 0.6) is 11.8 Å². The van der Waals surface area contributed by atoms with Crippen LogP contribution in [0.3, 0.4) is 0 Å². The summed E-state index contributed by atoms with van der Waals surface area (Å²) in [6, 6.07) is 6.20. The van der Waals surface area contributed by atoms with Crippen LogP contribution in [0.25, 0.3) is 10.8 Å². The number of alkyl halides is 3. The molecule has 2 saturated carbocycles. The minimum Gasteiger partial charge on any atom is -0.481 e. The fourth-order valence-corrected chi connectivity index (χ4v) is 9.02. The fourth-order valence-electron chi connectivity index (χ4n) is 7.66. The SMILES string of the molecule is CC[C@@H]1C[C@@H](C)CC/C=C\C2C[C@@]2(C(=O)NS(=O)(=O)C2CC2)NC(=O)[C@@H]2C[C@@H](Oc3nc(OC)cc4ccccc34)CN2C(=O)[C@H]1NC(=O)OC(C)(C)C(F)(F)F. The quantitative estimate of drug-likeness (QED) is 0.294. The number of hydrogen-bond donors (Lipinski definition) is 3. The molecule has 14 nitrogen and oxygen atoms in total. The number of carbonyl (C=O) groups is 4. The topological polar surface area (TPSA) is 182 Å². The van der Waals surface area contributed by atoms with E-state index in [2.05, 4.69) is 20.3 Å². The number of ether oxygens (including phenoxy) is 3. The number of alkyl carbamates (subject to hydrolysis) is 1. The monoisotopic (exact) mass is 821 g/mol. The first-order chi connectivity index (χ1) is 26.8. The Balaban J connectivity index is 1.37. The summed E-state index contributed by atoms with van der Waals surface area (Å²) in [4.78, 5) is 62.0. The molecule has 7 atom stereocenters. The zero-order valence-corrected chi connectivity index (χ0v) is 33.4. The predicted molar refractivity (Wildman–Crippen MR) is 201 cm³/mol. The molecule has 2 aliphatic carbocycles. The minimum atomic E-state index is -4.91. The summed E-state index contributed by atoms with van der Waals surface area (Å²) in [7, 11) is -2.54. The van der Waals surface area contributed by atoms with E-state index >= 15 is 0 Å². The molecule has 3 fully saturated rings. The van der Waals surface area contributed by atoms with Crippen LogP contribution >= 0.6 is 0 Å². The maximum atomic E-state index is 14.9. The molecule has 57 heavy (non-hydrogen) atoms. The lowest BCUT2D eigenvalue weighted by Gasteiger charge is -2.35. The maximum absolute atomic E-state index is 14.9. The van der Waals surface area contributed by atoms with Gasteiger partial charge in [-0.25, -0.2) is 13.2 Å². The van der Waals surface area contributed by atoms with Gasteiger partial charge in [-0.2, -0.15) is 18.2 Å². The number of allylic oxidation sites excluding steroid dienone is 1. The van der Waals surface area contributed by atoms with E-state index in [1.807, 2.05) is 25.1 Å². The number of amides is 4. The second-order valence-electron chi connectivity index (χ2n) is 16.2. The Labute approximate surface area is 329 Å². The first-order valence-electron chi connectivity index (χ1n) is 19.3. The third-order valence-electron chi connectivity index (χ3n) is 11.4. The lowest BCUT2D eigenvalue weighted by atomic mass is 9.85. The highest BCUT2D eigenvalue weighted by Gasteiger charge is 2.62. The number of fused-ring (bicyclic) bond motifs is 3. The molecule has 2 aliphatic heterocycles. The van der Waals surface area contributed by atoms with Crippen LogP contribution in [0, 0.1) is 17.8 Å². The van der Waals surface area contributed by atoms with Gasteiger partial charge in [-0.05, 0) is 75.7 Å². The average Bonchev–Trinajstić information content (AvgIpc) is 4.07. The van der Waals surface area contributed by atoms with Crippen molar-refractivity contribution in [3.8, 4) is 11.8 Å². The Kier molecular flexibility index (Phi) is 11.8. The van der Waals surface area contributed by atoms with Crippen LogP contribution in [0.15, 0.2) is 42.5 Å². The number of methoxy groups -OCH3 is 1. The molecular weight excluding hydrogens is 772 g/mol. The molecule has 0 spiro atoms. The van der Waals surface area contributed by atoms with Crippen molar-refractivity contribution in [3.05, 3.63) is 42.5 Å². The third kappa shape index (κ3) is 9.10. The number of sulfonamides is 1. The largest absolute Gasteiger partial charge is 0.481 e. The number of carbonyl (C=O) groups excluding carboxylic acids is 4. The molecule has 6 rings (SSSR count). The molecule has 1 saturated heterocycles. The van der Waals surface area contributed by atoms with Gasteiger partial charge in [0.2, 0.25) is 39.2 Å². The molecular formula is C39H50F3N5O9S. The Hall–Kier alpha value is -4.61. The van der Waals surface area contributed by atoms with Gasteiger partial charge in [-0.3, -0.25) is 19.1 Å². The highest BCUT2D eigenvalue weighted by atomic mass is 32.2. The van der Waals surface area contributed by atoms with Crippen molar-refractivity contribution >= 4 is 44.6 Å². The Morgan fingerprint density at radius 1 is 1.11 bits per heavy atom. The molecule has 2 aromatic rings. The maximum Gasteiger partial charge on any atom is 0.427 e. The van der Waals surface area contributed by atoms with E-state index in [-0.39, 0.29) is 37.1 Å². The standard InChI is InChI=1S/C39H50F3N5O9S/c1-6-23-17-22(2)11-7-9-13-25-20-38(25,35(50)46-57(52,53)27-15-16-27)45-32(48)29-19-26(55-33-28-14-10-8-12-24(28)18-30(43-33)54-5)21-47(29)34(49)31(23)44-36(51)56-37(3,4)39(40,41)42/h8-10,12-14,18,22-23,25-27,29,31H,6-7,11,15-17,19-21H2,1-5H3,(H,44,51)(H,45,48)(H,46,50)/b13-9-/t22-,23+,25?,26+,29-,31-,38+/m0/s1. The zero-order valence-electron chi connectivity index (χ0n) is 32.6. The van der Waals surface area contributed by atoms with Crippen LogP contribution in [-0.2, 0) is 29.1 Å². The second kappa shape index (κ2) is 16.0. The van der Waals surface area contributed by atoms with Crippen molar-refractivity contribution in [1.29, 1.82) is 0 Å². The number of pyridine rings is 1. The van der Waals surface area contributed by atoms with Crippen molar-refractivity contribution in [3.63, 3.8) is 0 Å². The lowest BCUT2D eigenvalue weighted by Crippen LogP contribution is -2.59. The number of rotatable bonds is 9. The normalized spacial score (nSPS) is 29.2. The molecule has 18 heteroatoms. The fraction of sp³-hybridized carbons (Fsp3) is 0.615. The van der Waals surface area contributed by atoms with E-state index in [4.69, 9.17) is 14.2 Å². The van der Waals surface area contributed by atoms with Crippen LogP contribution in [0.1, 0.15) is 79.1 Å². The summed E-state index contributed by atoms with van der Waals surface area (Å²) in [5.41, 5.74) is -4.51. The van der Waals surface area contributed by atoms with Crippen LogP contribution < -0.4 is 24.8 Å². The van der Waals surface area contributed by atoms with Crippen molar-refractivity contribution in [2.45, 2.75) is 120 Å². The van der Waals surface area contributed by atoms with E-state index in [1.165, 1.54) is 12.0 Å². The van der Waals surface area contributed by atoms with E-state index in [0.717, 1.165) is 5.39 Å². The first-order valence-corrected chi connectivity index (χ1v) is 20.8. The van der Waals surface area contributed by atoms with Crippen molar-refractivity contribution in [2.24, 2.45) is 17.8 Å². The van der Waals surface area contributed by atoms with Gasteiger partial charge in [-0.15, -0.1) is 0 Å². The molecule has 1 aromatic carbocycles. The van der Waals surface area contributed by atoms with Gasteiger partial charge in [0.05, 0.1) is 18.9 Å². The average molecular weight is 822 g/mol. The summed E-state index contributed by atoms with van der Waals surface area (Å²) in [5.74, 6) is -3.17. The number of nitrogens with zero attached hydrogens (tertiary/aromatic N) is 2. The van der Waals surface area contributed by atoms with Gasteiger partial charge >= 0.3 is 12.3 Å². The molecule has 312 valence electrons. The molecule has 0 bridgehead atoms. The number of aromatic nitrogens is 1. The van der Waals surface area contributed by atoms with E-state index < -0.39 is 86.4 Å². The molecule has 0 radical (unpaired) electrons. The second-order valence-corrected chi connectivity index (χ2v) is 18.1. The lowest BCUT2D eigenvalue weighted by molar-refractivity contribution is -0.244. The van der Waals surface area contributed by atoms with E-state index in [0.29, 0.717) is 57.8 Å². The summed E-state index contributed by atoms with van der Waals surface area (Å²) in [6.07, 6.45) is -0.869. The highest BCUT2D eigenvalue weighted by molar-refractivity contribution is 7.91. The third-order valence-corrected chi connectivity index (χ3v) is 13.3. The molecule has 4 amide bonds. The number of benzene rings is 1. The number of nitrogens with one attached hydrogen (secondary N) is 3. The Morgan fingerprint density at radius 3 is 2.49 bits per heavy atom. The van der Waals surface area contributed by atoms with Gasteiger partial charge in [-0.1, -0.05) is 50.6 Å². The smallest absolute Gasteiger partial charge is 0.427 e. The van der Waals surface area contributed by atoms with Crippen molar-refractivity contribution in [1.82, 2.24) is 25.2 Å². The summed E-state index contributed by atoms with van der Waals surface area (Å²) in [5, 5.41) is 5.88. The predicted octanol–water partition coefficient (Wildman–Crippen LogP) is 4.91. The van der Waals surface area contributed by atoms with Crippen LogP contribution in [-0.4, -0.2) is 96.5 Å². The summed E-state index contributed by atoms with van der Waals surface area (Å²) < 4.78 is 85.9. The first kappa shape index (κ1) is 42.0. The molecule has 3 N–H and O–H groups in total. The van der Waals surface area contributed by atoms with E-state index in [1.54, 1.807) is 31.2 Å². The van der Waals surface area contributed by atoms with Gasteiger partial charge in [0.25, 0.3) is 5.91 Å². The summed E-state index contributed by atoms with van der Waals surface area (Å²) >= 11 is 0. The Morgan fingerprint density at radius 2 is 1.82 bits per heavy atom. The number of hydrogen-bond acceptors (Lipinski definition) is 10.